The Bertz CT molecular complexity index is 579. The van der Waals surface area contributed by atoms with Gasteiger partial charge in [-0.2, -0.15) is 0 Å². The molecule has 0 bridgehead atoms. The highest BCUT2D eigenvalue weighted by atomic mass is 16.5. The Kier molecular flexibility index (Phi) is 5.05. The molecular formula is C18H21NO2. The molecule has 2 rings (SSSR count). The predicted octanol–water partition coefficient (Wildman–Crippen LogP) is 3.26. The first-order valence-corrected chi connectivity index (χ1v) is 7.23. The molecule has 1 amide bonds. The molecule has 3 nitrogen and oxygen atoms in total. The summed E-state index contributed by atoms with van der Waals surface area (Å²) >= 11 is 0. The number of amides is 1. The molecule has 1 aliphatic rings. The Morgan fingerprint density at radius 1 is 1.52 bits per heavy atom. The van der Waals surface area contributed by atoms with Crippen LogP contribution in [0.3, 0.4) is 0 Å². The molecule has 0 heterocycles. The number of allylic oxidation sites excluding steroid dienone is 1. The largest absolute Gasteiger partial charge is 0.496 e. The lowest BCUT2D eigenvalue weighted by Crippen LogP contribution is -2.32. The zero-order valence-electron chi connectivity index (χ0n) is 12.4. The second-order valence-corrected chi connectivity index (χ2v) is 5.41. The second-order valence-electron chi connectivity index (χ2n) is 5.41. The van der Waals surface area contributed by atoms with Crippen molar-refractivity contribution in [3.05, 3.63) is 35.9 Å². The maximum Gasteiger partial charge on any atom is 0.251 e. The fourth-order valence-electron chi connectivity index (χ4n) is 2.38. The summed E-state index contributed by atoms with van der Waals surface area (Å²) < 4.78 is 5.35. The monoisotopic (exact) mass is 283 g/mol. The van der Waals surface area contributed by atoms with Gasteiger partial charge in [0.25, 0.3) is 5.91 Å². The van der Waals surface area contributed by atoms with E-state index < -0.39 is 0 Å². The van der Waals surface area contributed by atoms with Crippen molar-refractivity contribution in [2.24, 2.45) is 5.92 Å². The summed E-state index contributed by atoms with van der Waals surface area (Å²) in [5.41, 5.74) is 2.27. The second kappa shape index (κ2) is 6.99. The van der Waals surface area contributed by atoms with E-state index in [1.165, 1.54) is 19.3 Å². The van der Waals surface area contributed by atoms with E-state index in [0.717, 1.165) is 17.7 Å². The molecule has 1 aromatic carbocycles. The number of nitrogens with one attached hydrogen (secondary N) is 1. The molecular weight excluding hydrogens is 262 g/mol. The van der Waals surface area contributed by atoms with E-state index >= 15 is 0 Å². The highest BCUT2D eigenvalue weighted by molar-refractivity contribution is 5.95. The van der Waals surface area contributed by atoms with Gasteiger partial charge in [-0.05, 0) is 36.5 Å². The lowest BCUT2D eigenvalue weighted by Gasteiger charge is -2.25. The van der Waals surface area contributed by atoms with Crippen LogP contribution < -0.4 is 10.1 Å². The number of carbonyl (C=O) groups excluding carboxylic acids is 1. The van der Waals surface area contributed by atoms with Crippen molar-refractivity contribution in [2.45, 2.75) is 25.7 Å². The van der Waals surface area contributed by atoms with Gasteiger partial charge >= 0.3 is 0 Å². The van der Waals surface area contributed by atoms with E-state index in [-0.39, 0.29) is 5.91 Å². The zero-order valence-corrected chi connectivity index (χ0v) is 12.4. The van der Waals surface area contributed by atoms with Crippen molar-refractivity contribution in [1.82, 2.24) is 5.32 Å². The molecule has 1 N–H and O–H groups in total. The van der Waals surface area contributed by atoms with E-state index in [1.807, 2.05) is 6.07 Å². The minimum atomic E-state index is -0.0608. The normalized spacial score (nSPS) is 13.9. The molecule has 110 valence electrons. The summed E-state index contributed by atoms with van der Waals surface area (Å²) in [6.45, 7) is 4.71. The van der Waals surface area contributed by atoms with Crippen molar-refractivity contribution in [3.8, 4) is 18.1 Å². The topological polar surface area (TPSA) is 38.3 Å². The first-order valence-electron chi connectivity index (χ1n) is 7.23. The van der Waals surface area contributed by atoms with Crippen LogP contribution in [0.4, 0.5) is 0 Å². The van der Waals surface area contributed by atoms with E-state index in [4.69, 9.17) is 11.2 Å². The van der Waals surface area contributed by atoms with Gasteiger partial charge in [0.05, 0.1) is 7.11 Å². The van der Waals surface area contributed by atoms with Crippen LogP contribution in [0, 0.1) is 18.3 Å². The lowest BCUT2D eigenvalue weighted by atomic mass is 9.85. The highest BCUT2D eigenvalue weighted by Gasteiger charge is 2.18. The Hall–Kier alpha value is -2.21. The molecule has 0 saturated heterocycles. The minimum Gasteiger partial charge on any atom is -0.496 e. The number of carbonyl (C=O) groups is 1. The predicted molar refractivity (Wildman–Crippen MR) is 85.2 cm³/mol. The molecule has 0 spiro atoms. The van der Waals surface area contributed by atoms with E-state index in [2.05, 4.69) is 17.8 Å². The van der Waals surface area contributed by atoms with E-state index in [9.17, 15) is 4.79 Å². The number of ether oxygens (including phenoxy) is 1. The van der Waals surface area contributed by atoms with Crippen LogP contribution in [0.15, 0.2) is 24.8 Å². The molecule has 0 radical (unpaired) electrons. The van der Waals surface area contributed by atoms with Gasteiger partial charge in [-0.25, -0.2) is 0 Å². The Labute approximate surface area is 126 Å². The van der Waals surface area contributed by atoms with Crippen molar-refractivity contribution >= 4 is 11.5 Å². The number of hydrogen-bond acceptors (Lipinski definition) is 2. The third-order valence-corrected chi connectivity index (χ3v) is 3.94. The van der Waals surface area contributed by atoms with Crippen LogP contribution in [0.25, 0.3) is 5.57 Å². The van der Waals surface area contributed by atoms with Gasteiger partial charge < -0.3 is 10.1 Å². The van der Waals surface area contributed by atoms with Crippen molar-refractivity contribution < 1.29 is 9.53 Å². The van der Waals surface area contributed by atoms with Crippen LogP contribution >= 0.6 is 0 Å². The molecule has 3 heteroatoms. The van der Waals surface area contributed by atoms with Crippen LogP contribution in [-0.4, -0.2) is 19.6 Å². The van der Waals surface area contributed by atoms with Crippen molar-refractivity contribution in [2.75, 3.05) is 13.7 Å². The lowest BCUT2D eigenvalue weighted by molar-refractivity contribution is 0.0938. The van der Waals surface area contributed by atoms with Crippen LogP contribution in [0.2, 0.25) is 0 Å². The van der Waals surface area contributed by atoms with Gasteiger partial charge in [0, 0.05) is 24.1 Å². The minimum absolute atomic E-state index is 0.0608. The first kappa shape index (κ1) is 15.2. The summed E-state index contributed by atoms with van der Waals surface area (Å²) in [6.07, 6.45) is 9.48. The average molecular weight is 283 g/mol. The fraction of sp³-hybridized carbons (Fsp3) is 0.389. The van der Waals surface area contributed by atoms with Gasteiger partial charge in [-0.15, -0.1) is 12.3 Å². The molecule has 1 aromatic rings. The number of benzene rings is 1. The average Bonchev–Trinajstić information content (AvgIpc) is 2.45. The third-order valence-electron chi connectivity index (χ3n) is 3.94. The standard InChI is InChI=1S/C18H21NO2/c1-4-6-13(2)16-10-9-15(11-17(16)21-3)18(20)19-12-14-7-5-8-14/h1,9-11,14H,2,5-8,12H2,3H3,(H,19,20). The maximum absolute atomic E-state index is 12.1. The molecule has 0 aromatic heterocycles. The molecule has 0 atom stereocenters. The number of terminal acetylenes is 1. The smallest absolute Gasteiger partial charge is 0.251 e. The summed E-state index contributed by atoms with van der Waals surface area (Å²) in [6, 6.07) is 5.37. The molecule has 21 heavy (non-hydrogen) atoms. The number of methoxy groups -OCH3 is 1. The summed E-state index contributed by atoms with van der Waals surface area (Å²) in [7, 11) is 1.58. The Morgan fingerprint density at radius 3 is 2.86 bits per heavy atom. The molecule has 1 fully saturated rings. The quantitative estimate of drug-likeness (QED) is 0.814. The summed E-state index contributed by atoms with van der Waals surface area (Å²) in [5.74, 6) is 3.78. The third kappa shape index (κ3) is 3.66. The van der Waals surface area contributed by atoms with Gasteiger partial charge in [0.15, 0.2) is 0 Å². The molecule has 0 aliphatic heterocycles. The fourth-order valence-corrected chi connectivity index (χ4v) is 2.38. The Balaban J connectivity index is 2.08. The van der Waals surface area contributed by atoms with Crippen LogP contribution in [0.1, 0.15) is 41.6 Å². The van der Waals surface area contributed by atoms with Crippen molar-refractivity contribution in [1.29, 1.82) is 0 Å². The molecule has 1 saturated carbocycles. The molecule has 0 unspecified atom stereocenters. The summed E-state index contributed by atoms with van der Waals surface area (Å²) in [4.78, 5) is 12.1. The van der Waals surface area contributed by atoms with Gasteiger partial charge in [0.1, 0.15) is 5.75 Å². The van der Waals surface area contributed by atoms with Crippen LogP contribution in [-0.2, 0) is 0 Å². The van der Waals surface area contributed by atoms with E-state index in [0.29, 0.717) is 23.7 Å². The number of hydrogen-bond donors (Lipinski definition) is 1. The number of rotatable bonds is 6. The van der Waals surface area contributed by atoms with Gasteiger partial charge in [-0.1, -0.05) is 19.1 Å². The maximum atomic E-state index is 12.1. The van der Waals surface area contributed by atoms with Crippen LogP contribution in [0.5, 0.6) is 5.75 Å². The SMILES string of the molecule is C#CCC(=C)c1ccc(C(=O)NCC2CCC2)cc1OC. The van der Waals surface area contributed by atoms with Gasteiger partial charge in [0.2, 0.25) is 0 Å². The molecule has 1 aliphatic carbocycles. The Morgan fingerprint density at radius 2 is 2.29 bits per heavy atom. The summed E-state index contributed by atoms with van der Waals surface area (Å²) in [5, 5.41) is 2.98. The zero-order chi connectivity index (χ0) is 15.2. The first-order chi connectivity index (χ1) is 10.2. The van der Waals surface area contributed by atoms with Gasteiger partial charge in [-0.3, -0.25) is 4.79 Å². The highest BCUT2D eigenvalue weighted by Crippen LogP contribution is 2.28. The van der Waals surface area contributed by atoms with Crippen molar-refractivity contribution in [3.63, 3.8) is 0 Å². The van der Waals surface area contributed by atoms with E-state index in [1.54, 1.807) is 19.2 Å².